The van der Waals surface area contributed by atoms with E-state index in [9.17, 15) is 0 Å². The molecule has 1 atom stereocenters. The molecule has 1 saturated heterocycles. The highest BCUT2D eigenvalue weighted by molar-refractivity contribution is 7.13. The van der Waals surface area contributed by atoms with Gasteiger partial charge in [0, 0.05) is 49.8 Å². The zero-order valence-corrected chi connectivity index (χ0v) is 14.0. The number of ether oxygens (including phenoxy) is 1. The van der Waals surface area contributed by atoms with Crippen LogP contribution in [0.4, 0.5) is 0 Å². The van der Waals surface area contributed by atoms with Gasteiger partial charge >= 0.3 is 0 Å². The van der Waals surface area contributed by atoms with Crippen LogP contribution in [0.1, 0.15) is 5.69 Å². The Balaban J connectivity index is 1.37. The topological polar surface area (TPSA) is 69.0 Å². The first-order chi connectivity index (χ1) is 11.9. The summed E-state index contributed by atoms with van der Waals surface area (Å²) in [5.41, 5.74) is 1.06. The fraction of sp³-hybridized carbons (Fsp3) is 0.375. The minimum atomic E-state index is 0.161. The van der Waals surface area contributed by atoms with Crippen molar-refractivity contribution in [1.82, 2.24) is 29.6 Å². The van der Waals surface area contributed by atoms with E-state index in [-0.39, 0.29) is 6.10 Å². The van der Waals surface area contributed by atoms with E-state index >= 15 is 0 Å². The smallest absolute Gasteiger partial charge is 0.188 e. The van der Waals surface area contributed by atoms with Crippen LogP contribution >= 0.6 is 11.3 Å². The second-order valence-corrected chi connectivity index (χ2v) is 6.53. The Morgan fingerprint density at radius 2 is 2.12 bits per heavy atom. The molecule has 0 saturated carbocycles. The molecule has 4 rings (SSSR count). The van der Waals surface area contributed by atoms with Crippen LogP contribution in [0.5, 0.6) is 0 Å². The average Bonchev–Trinajstić information content (AvgIpc) is 3.28. The van der Waals surface area contributed by atoms with Crippen molar-refractivity contribution in [2.75, 3.05) is 19.7 Å². The summed E-state index contributed by atoms with van der Waals surface area (Å²) in [7, 11) is 0. The summed E-state index contributed by atoms with van der Waals surface area (Å²) in [5, 5.41) is 7.20. The van der Waals surface area contributed by atoms with E-state index in [4.69, 9.17) is 4.74 Å². The van der Waals surface area contributed by atoms with E-state index < -0.39 is 0 Å². The predicted octanol–water partition coefficient (Wildman–Crippen LogP) is 1.70. The number of thiazole rings is 1. The first kappa shape index (κ1) is 15.4. The molecule has 0 amide bonds. The van der Waals surface area contributed by atoms with Gasteiger partial charge in [-0.1, -0.05) is 0 Å². The molecule has 3 aromatic rings. The highest BCUT2D eigenvalue weighted by atomic mass is 32.1. The fourth-order valence-electron chi connectivity index (χ4n) is 2.77. The van der Waals surface area contributed by atoms with Gasteiger partial charge < -0.3 is 4.74 Å². The normalized spacial score (nSPS) is 18.8. The van der Waals surface area contributed by atoms with E-state index in [0.717, 1.165) is 43.5 Å². The van der Waals surface area contributed by atoms with Crippen LogP contribution in [0, 0.1) is 0 Å². The number of hydrogen-bond donors (Lipinski definition) is 0. The van der Waals surface area contributed by atoms with Crippen LogP contribution in [0.15, 0.2) is 42.3 Å². The molecule has 24 heavy (non-hydrogen) atoms. The number of nitrogens with zero attached hydrogens (tertiary/aromatic N) is 6. The number of rotatable bonds is 5. The number of morpholine rings is 1. The van der Waals surface area contributed by atoms with Crippen molar-refractivity contribution >= 4 is 11.3 Å². The van der Waals surface area contributed by atoms with Gasteiger partial charge in [0.05, 0.1) is 24.9 Å². The van der Waals surface area contributed by atoms with Gasteiger partial charge in [-0.25, -0.2) is 15.0 Å². The van der Waals surface area contributed by atoms with Crippen molar-refractivity contribution in [1.29, 1.82) is 0 Å². The Hall–Kier alpha value is -2.16. The molecule has 1 fully saturated rings. The third-order valence-electron chi connectivity index (χ3n) is 3.87. The summed E-state index contributed by atoms with van der Waals surface area (Å²) in [4.78, 5) is 15.6. The lowest BCUT2D eigenvalue weighted by Gasteiger charge is -2.32. The van der Waals surface area contributed by atoms with Gasteiger partial charge in [0.2, 0.25) is 0 Å². The second kappa shape index (κ2) is 7.16. The molecule has 0 aromatic carbocycles. The number of hydrogen-bond acceptors (Lipinski definition) is 7. The lowest BCUT2D eigenvalue weighted by molar-refractivity contribution is -0.0405. The van der Waals surface area contributed by atoms with E-state index in [1.807, 2.05) is 23.0 Å². The predicted molar refractivity (Wildman–Crippen MR) is 90.4 cm³/mol. The molecule has 0 radical (unpaired) electrons. The molecular weight excluding hydrogens is 324 g/mol. The monoisotopic (exact) mass is 342 g/mol. The highest BCUT2D eigenvalue weighted by Crippen LogP contribution is 2.21. The van der Waals surface area contributed by atoms with E-state index in [1.165, 1.54) is 0 Å². The first-order valence-corrected chi connectivity index (χ1v) is 8.78. The van der Waals surface area contributed by atoms with Gasteiger partial charge in [0.15, 0.2) is 10.8 Å². The highest BCUT2D eigenvalue weighted by Gasteiger charge is 2.22. The van der Waals surface area contributed by atoms with Crippen molar-refractivity contribution < 1.29 is 4.74 Å². The summed E-state index contributed by atoms with van der Waals surface area (Å²) in [5.74, 6) is 0.687. The van der Waals surface area contributed by atoms with Crippen molar-refractivity contribution in [3.63, 3.8) is 0 Å². The molecule has 0 unspecified atom stereocenters. The lowest BCUT2D eigenvalue weighted by Crippen LogP contribution is -2.43. The van der Waals surface area contributed by atoms with Crippen LogP contribution in [-0.2, 0) is 17.8 Å². The summed E-state index contributed by atoms with van der Waals surface area (Å²) < 4.78 is 7.77. The van der Waals surface area contributed by atoms with Crippen LogP contribution in [-0.4, -0.2) is 55.4 Å². The zero-order valence-electron chi connectivity index (χ0n) is 13.2. The Morgan fingerprint density at radius 3 is 2.96 bits per heavy atom. The summed E-state index contributed by atoms with van der Waals surface area (Å²) in [6, 6.07) is 3.74. The second-order valence-electron chi connectivity index (χ2n) is 5.67. The van der Waals surface area contributed by atoms with Gasteiger partial charge in [-0.3, -0.25) is 9.58 Å². The summed E-state index contributed by atoms with van der Waals surface area (Å²) in [6.07, 6.45) is 7.41. The van der Waals surface area contributed by atoms with Crippen molar-refractivity contribution in [3.8, 4) is 10.8 Å². The molecule has 4 heterocycles. The lowest BCUT2D eigenvalue weighted by atomic mass is 10.2. The minimum absolute atomic E-state index is 0.161. The average molecular weight is 342 g/mol. The maximum atomic E-state index is 5.85. The third-order valence-corrected chi connectivity index (χ3v) is 4.75. The Kier molecular flexibility index (Phi) is 4.59. The minimum Gasteiger partial charge on any atom is -0.374 e. The fourth-order valence-corrected chi connectivity index (χ4v) is 3.53. The molecule has 0 N–H and O–H groups in total. The van der Waals surface area contributed by atoms with Crippen molar-refractivity contribution in [2.24, 2.45) is 0 Å². The molecule has 0 aliphatic carbocycles. The van der Waals surface area contributed by atoms with E-state index in [1.54, 1.807) is 29.9 Å². The van der Waals surface area contributed by atoms with E-state index in [0.29, 0.717) is 5.82 Å². The van der Waals surface area contributed by atoms with Crippen LogP contribution in [0.2, 0.25) is 0 Å². The summed E-state index contributed by atoms with van der Waals surface area (Å²) in [6.45, 7) is 4.15. The van der Waals surface area contributed by atoms with Crippen LogP contribution in [0.3, 0.4) is 0 Å². The Labute approximate surface area is 144 Å². The molecule has 1 aliphatic rings. The quantitative estimate of drug-likeness (QED) is 0.703. The molecule has 0 spiro atoms. The molecule has 124 valence electrons. The Morgan fingerprint density at radius 1 is 1.21 bits per heavy atom. The van der Waals surface area contributed by atoms with E-state index in [2.05, 4.69) is 30.3 Å². The van der Waals surface area contributed by atoms with Gasteiger partial charge in [0.1, 0.15) is 0 Å². The molecule has 3 aromatic heterocycles. The molecule has 8 heteroatoms. The first-order valence-electron chi connectivity index (χ1n) is 7.90. The van der Waals surface area contributed by atoms with Crippen molar-refractivity contribution in [3.05, 3.63) is 48.0 Å². The molecule has 1 aliphatic heterocycles. The standard InChI is InChI=1S/C16H18N6OS/c1-3-17-15(18-4-1)16-20-13(12-24-16)9-21-7-8-23-14(10-21)11-22-6-2-5-19-22/h1-6,12,14H,7-11H2/t14-/m0/s1. The molecule has 0 bridgehead atoms. The SMILES string of the molecule is c1cnc(-c2nc(CN3CCO[C@H](Cn4cccn4)C3)cs2)nc1. The Bertz CT molecular complexity index is 760. The van der Waals surface area contributed by atoms with Crippen LogP contribution in [0.25, 0.3) is 10.8 Å². The summed E-state index contributed by atoms with van der Waals surface area (Å²) >= 11 is 1.59. The molecule has 7 nitrogen and oxygen atoms in total. The largest absolute Gasteiger partial charge is 0.374 e. The maximum absolute atomic E-state index is 5.85. The van der Waals surface area contributed by atoms with Gasteiger partial charge in [-0.2, -0.15) is 5.10 Å². The van der Waals surface area contributed by atoms with Crippen molar-refractivity contribution in [2.45, 2.75) is 19.2 Å². The number of aromatic nitrogens is 5. The maximum Gasteiger partial charge on any atom is 0.188 e. The van der Waals surface area contributed by atoms with Gasteiger partial charge in [0.25, 0.3) is 0 Å². The molecular formula is C16H18N6OS. The van der Waals surface area contributed by atoms with Gasteiger partial charge in [-0.15, -0.1) is 11.3 Å². The van der Waals surface area contributed by atoms with Gasteiger partial charge in [-0.05, 0) is 12.1 Å². The van der Waals surface area contributed by atoms with Crippen LogP contribution < -0.4 is 0 Å². The zero-order chi connectivity index (χ0) is 16.2. The third kappa shape index (κ3) is 3.66.